The summed E-state index contributed by atoms with van der Waals surface area (Å²) in [6.45, 7) is 5.56. The highest BCUT2D eigenvalue weighted by Gasteiger charge is 2.31. The molecule has 2 aromatic rings. The van der Waals surface area contributed by atoms with Gasteiger partial charge in [-0.05, 0) is 36.6 Å². The maximum Gasteiger partial charge on any atom is 0.272 e. The van der Waals surface area contributed by atoms with Gasteiger partial charge in [0.15, 0.2) is 0 Å². The van der Waals surface area contributed by atoms with E-state index >= 15 is 0 Å². The molecule has 1 amide bonds. The lowest BCUT2D eigenvalue weighted by molar-refractivity contribution is 0.0780. The fraction of sp³-hybridized carbons (Fsp3) is 0.500. The van der Waals surface area contributed by atoms with E-state index < -0.39 is 0 Å². The lowest BCUT2D eigenvalue weighted by atomic mass is 9.97. The Labute approximate surface area is 154 Å². The van der Waals surface area contributed by atoms with E-state index in [1.165, 1.54) is 0 Å². The number of carbonyl (C=O) groups excluding carboxylic acids is 1. The minimum Gasteiger partial charge on any atom is -0.497 e. The second kappa shape index (κ2) is 7.40. The van der Waals surface area contributed by atoms with Crippen LogP contribution in [-0.2, 0) is 7.05 Å². The third-order valence-corrected chi connectivity index (χ3v) is 5.06. The molecule has 2 heterocycles. The first kappa shape index (κ1) is 18.3. The Bertz CT molecular complexity index is 798. The van der Waals surface area contributed by atoms with E-state index in [1.54, 1.807) is 18.9 Å². The molecule has 0 saturated carbocycles. The van der Waals surface area contributed by atoms with Gasteiger partial charge in [0.1, 0.15) is 17.2 Å². The van der Waals surface area contributed by atoms with E-state index in [-0.39, 0.29) is 11.8 Å². The van der Waals surface area contributed by atoms with Crippen LogP contribution in [0.1, 0.15) is 53.8 Å². The summed E-state index contributed by atoms with van der Waals surface area (Å²) in [7, 11) is 5.16. The van der Waals surface area contributed by atoms with Gasteiger partial charge in [-0.3, -0.25) is 9.48 Å². The summed E-state index contributed by atoms with van der Waals surface area (Å²) in [6, 6.07) is 7.74. The molecule has 1 aromatic heterocycles. The Morgan fingerprint density at radius 3 is 2.62 bits per heavy atom. The SMILES string of the molecule is COc1ccc(OC)c(C2CCN(C(=O)c3cc(C(C)C)nn3C)C2)c1. The third kappa shape index (κ3) is 3.41. The van der Waals surface area contributed by atoms with Crippen molar-refractivity contribution in [2.24, 2.45) is 7.05 Å². The number of hydrogen-bond acceptors (Lipinski definition) is 4. The molecule has 3 rings (SSSR count). The third-order valence-electron chi connectivity index (χ3n) is 5.06. The molecule has 26 heavy (non-hydrogen) atoms. The molecule has 0 aliphatic carbocycles. The standard InChI is InChI=1S/C20H27N3O3/c1-13(2)17-11-18(22(3)21-17)20(24)23-9-8-14(12-23)16-10-15(25-4)6-7-19(16)26-5/h6-7,10-11,13-14H,8-9,12H2,1-5H3. The van der Waals surface area contributed by atoms with Gasteiger partial charge in [0.2, 0.25) is 0 Å². The molecule has 1 atom stereocenters. The number of benzene rings is 1. The molecule has 1 aromatic carbocycles. The summed E-state index contributed by atoms with van der Waals surface area (Å²) in [5.74, 6) is 2.22. The van der Waals surface area contributed by atoms with Gasteiger partial charge >= 0.3 is 0 Å². The van der Waals surface area contributed by atoms with E-state index in [0.717, 1.165) is 35.7 Å². The zero-order valence-corrected chi connectivity index (χ0v) is 16.2. The molecule has 0 bridgehead atoms. The Kier molecular flexibility index (Phi) is 5.20. The van der Waals surface area contributed by atoms with Crippen molar-refractivity contribution in [3.63, 3.8) is 0 Å². The van der Waals surface area contributed by atoms with Gasteiger partial charge in [0, 0.05) is 31.6 Å². The predicted octanol–water partition coefficient (Wildman–Crippen LogP) is 3.19. The van der Waals surface area contributed by atoms with Crippen molar-refractivity contribution in [3.8, 4) is 11.5 Å². The second-order valence-electron chi connectivity index (χ2n) is 7.08. The number of amides is 1. The molecule has 1 saturated heterocycles. The number of aromatic nitrogens is 2. The van der Waals surface area contributed by atoms with Crippen molar-refractivity contribution in [1.82, 2.24) is 14.7 Å². The molecule has 1 fully saturated rings. The first-order valence-corrected chi connectivity index (χ1v) is 8.99. The number of nitrogens with zero attached hydrogens (tertiary/aromatic N) is 3. The average Bonchev–Trinajstić information content (AvgIpc) is 3.27. The summed E-state index contributed by atoms with van der Waals surface area (Å²) >= 11 is 0. The summed E-state index contributed by atoms with van der Waals surface area (Å²) in [6.07, 6.45) is 0.907. The lowest BCUT2D eigenvalue weighted by Gasteiger charge is -2.18. The number of carbonyl (C=O) groups is 1. The molecule has 0 radical (unpaired) electrons. The molecular formula is C20H27N3O3. The van der Waals surface area contributed by atoms with Crippen LogP contribution in [0.5, 0.6) is 11.5 Å². The zero-order valence-electron chi connectivity index (χ0n) is 16.2. The van der Waals surface area contributed by atoms with Crippen LogP contribution < -0.4 is 9.47 Å². The summed E-state index contributed by atoms with van der Waals surface area (Å²) in [5, 5.41) is 4.46. The molecule has 0 N–H and O–H groups in total. The van der Waals surface area contributed by atoms with Gasteiger partial charge in [-0.15, -0.1) is 0 Å². The topological polar surface area (TPSA) is 56.6 Å². The van der Waals surface area contributed by atoms with Gasteiger partial charge in [-0.2, -0.15) is 5.10 Å². The van der Waals surface area contributed by atoms with E-state index in [1.807, 2.05) is 36.2 Å². The Balaban J connectivity index is 1.79. The lowest BCUT2D eigenvalue weighted by Crippen LogP contribution is -2.30. The number of ether oxygens (including phenoxy) is 2. The van der Waals surface area contributed by atoms with E-state index in [0.29, 0.717) is 18.2 Å². The maximum absolute atomic E-state index is 13.0. The number of aryl methyl sites for hydroxylation is 1. The maximum atomic E-state index is 13.0. The second-order valence-corrected chi connectivity index (χ2v) is 7.08. The van der Waals surface area contributed by atoms with Crippen molar-refractivity contribution in [1.29, 1.82) is 0 Å². The van der Waals surface area contributed by atoms with Crippen molar-refractivity contribution >= 4 is 5.91 Å². The predicted molar refractivity (Wildman–Crippen MR) is 100 cm³/mol. The van der Waals surface area contributed by atoms with Crippen LogP contribution in [0, 0.1) is 0 Å². The minimum absolute atomic E-state index is 0.0382. The quantitative estimate of drug-likeness (QED) is 0.825. The van der Waals surface area contributed by atoms with E-state index in [2.05, 4.69) is 18.9 Å². The van der Waals surface area contributed by atoms with Crippen LogP contribution in [0.25, 0.3) is 0 Å². The monoisotopic (exact) mass is 357 g/mol. The van der Waals surface area contributed by atoms with E-state index in [4.69, 9.17) is 9.47 Å². The zero-order chi connectivity index (χ0) is 18.8. The molecular weight excluding hydrogens is 330 g/mol. The first-order valence-electron chi connectivity index (χ1n) is 8.99. The summed E-state index contributed by atoms with van der Waals surface area (Å²) < 4.78 is 12.6. The largest absolute Gasteiger partial charge is 0.497 e. The molecule has 0 spiro atoms. The number of likely N-dealkylation sites (tertiary alicyclic amines) is 1. The number of methoxy groups -OCH3 is 2. The first-order chi connectivity index (χ1) is 12.4. The van der Waals surface area contributed by atoms with Crippen LogP contribution in [0.4, 0.5) is 0 Å². The Morgan fingerprint density at radius 1 is 1.23 bits per heavy atom. The van der Waals surface area contributed by atoms with Crippen LogP contribution in [-0.4, -0.2) is 47.9 Å². The normalized spacial score (nSPS) is 17.0. The van der Waals surface area contributed by atoms with Crippen molar-refractivity contribution in [2.45, 2.75) is 32.1 Å². The number of hydrogen-bond donors (Lipinski definition) is 0. The highest BCUT2D eigenvalue weighted by molar-refractivity contribution is 5.93. The summed E-state index contributed by atoms with van der Waals surface area (Å²) in [4.78, 5) is 14.9. The van der Waals surface area contributed by atoms with Gasteiger partial charge in [-0.1, -0.05) is 13.8 Å². The van der Waals surface area contributed by atoms with Crippen LogP contribution in [0.15, 0.2) is 24.3 Å². The molecule has 140 valence electrons. The van der Waals surface area contributed by atoms with Gasteiger partial charge in [0.05, 0.1) is 19.9 Å². The van der Waals surface area contributed by atoms with E-state index in [9.17, 15) is 4.79 Å². The fourth-order valence-electron chi connectivity index (χ4n) is 3.49. The highest BCUT2D eigenvalue weighted by atomic mass is 16.5. The van der Waals surface area contributed by atoms with Crippen molar-refractivity contribution in [2.75, 3.05) is 27.3 Å². The van der Waals surface area contributed by atoms with Crippen LogP contribution in [0.2, 0.25) is 0 Å². The molecule has 1 unspecified atom stereocenters. The molecule has 1 aliphatic heterocycles. The highest BCUT2D eigenvalue weighted by Crippen LogP contribution is 2.36. The van der Waals surface area contributed by atoms with Gasteiger partial charge in [0.25, 0.3) is 5.91 Å². The smallest absolute Gasteiger partial charge is 0.272 e. The summed E-state index contributed by atoms with van der Waals surface area (Å²) in [5.41, 5.74) is 2.68. The van der Waals surface area contributed by atoms with Gasteiger partial charge < -0.3 is 14.4 Å². The van der Waals surface area contributed by atoms with Crippen molar-refractivity contribution in [3.05, 3.63) is 41.2 Å². The fourth-order valence-corrected chi connectivity index (χ4v) is 3.49. The van der Waals surface area contributed by atoms with Crippen LogP contribution >= 0.6 is 0 Å². The minimum atomic E-state index is 0.0382. The van der Waals surface area contributed by atoms with Gasteiger partial charge in [-0.25, -0.2) is 0 Å². The van der Waals surface area contributed by atoms with Crippen LogP contribution in [0.3, 0.4) is 0 Å². The Hall–Kier alpha value is -2.50. The molecule has 1 aliphatic rings. The average molecular weight is 357 g/mol. The Morgan fingerprint density at radius 2 is 2.00 bits per heavy atom. The molecule has 6 heteroatoms. The number of rotatable bonds is 5. The molecule has 6 nitrogen and oxygen atoms in total. The van der Waals surface area contributed by atoms with Crippen molar-refractivity contribution < 1.29 is 14.3 Å².